The van der Waals surface area contributed by atoms with E-state index in [-0.39, 0.29) is 84.6 Å². The molecule has 7 aromatic carbocycles. The minimum Gasteiger partial charge on any atom is -0.478 e. The van der Waals surface area contributed by atoms with Gasteiger partial charge in [-0.15, -0.1) is 0 Å². The van der Waals surface area contributed by atoms with Gasteiger partial charge in [0.25, 0.3) is 0 Å². The number of rotatable bonds is 27. The monoisotopic (exact) mass is 2020 g/mol. The van der Waals surface area contributed by atoms with Gasteiger partial charge in [0, 0.05) is 25.7 Å². The number of primary amides is 1. The van der Waals surface area contributed by atoms with Gasteiger partial charge in [0.05, 0.1) is 95.0 Å². The van der Waals surface area contributed by atoms with Crippen LogP contribution in [0, 0.1) is 0 Å². The van der Waals surface area contributed by atoms with Crippen molar-refractivity contribution in [2.45, 2.75) is 58.5 Å². The lowest BCUT2D eigenvalue weighted by Gasteiger charge is -2.24. The molecule has 8 heterocycles. The molecule has 43 nitrogen and oxygen atoms in total. The van der Waals surface area contributed by atoms with E-state index in [1.54, 1.807) is 208 Å². The number of methoxy groups -OCH3 is 7. The summed E-state index contributed by atoms with van der Waals surface area (Å²) in [5, 5.41) is 23.5. The molecule has 0 aliphatic carbocycles. The third kappa shape index (κ3) is 32.4. The van der Waals surface area contributed by atoms with Crippen LogP contribution in [0.4, 0.5) is 19.2 Å². The number of amides is 4. The van der Waals surface area contributed by atoms with Gasteiger partial charge in [-0.1, -0.05) is 188 Å². The van der Waals surface area contributed by atoms with Crippen molar-refractivity contribution in [3.05, 3.63) is 396 Å². The standard InChI is InChI=1S/C15H11ClN2O3.2C15H12N2O3.C15H22NO7P.C12H15NO5.C10H11NO5.C9H8N2O3.C8H9NO2/c1-21-14(19)12-9-11-7-8-13(16)18(11)15(20)17(12)10-5-3-2-4-6-10;2*1-20-14(18)13-10-12-8-5-9-16(12)15(19)17(13)11-6-3-2-4-7-11;1-4-22-24(19,23-5-2)13(14(17)20-3)16-15(18)21-11-12-9-7-6-8-10-12;1-16-10(11(14)17-2)13-12(15)18-8-9-6-4-3-5-7-9;12-8(9(13)14)11-10(15)16-6-7-4-2-1-3-5-7;1-14-8(12)7-5-6-3-2-4-11(6)9(13)10-7;9-8(10)11-6-7-4-2-1-3-5-7/h2-9H,1H3;2*2-10H,1H3;6-10,13H,4-5,11H2,1-3H3,(H,16,18);3-7,10H,8H2,1-2H3,(H,13,15);1-5,8,12H,6H2,(H,11,15)(H,13,14);2-5H,1H3,(H,10,13);1-5H,6H2,(H2,9,10). The lowest BCUT2D eigenvalue weighted by molar-refractivity contribution is -0.154. The Balaban J connectivity index is 0.000000203. The normalized spacial score (nSPS) is 11.0. The van der Waals surface area contributed by atoms with Crippen LogP contribution in [0.1, 0.15) is 78.1 Å². The summed E-state index contributed by atoms with van der Waals surface area (Å²) in [6, 6.07) is 83.5. The molecule has 144 heavy (non-hydrogen) atoms. The van der Waals surface area contributed by atoms with E-state index < -0.39 is 97.7 Å². The minimum atomic E-state index is -3.94. The fourth-order valence-electron chi connectivity index (χ4n) is 12.5. The molecule has 8 aromatic heterocycles. The molecule has 0 spiro atoms. The second kappa shape index (κ2) is 56.9. The highest BCUT2D eigenvalue weighted by Gasteiger charge is 2.44. The van der Waals surface area contributed by atoms with Crippen LogP contribution in [0.5, 0.6) is 0 Å². The lowest BCUT2D eigenvalue weighted by atomic mass is 10.2. The van der Waals surface area contributed by atoms with E-state index in [1.807, 2.05) is 115 Å². The number of carbonyl (C=O) groups excluding carboxylic acids is 10. The number of carbonyl (C=O) groups is 11. The SMILES string of the molecule is CCOP(=O)(OCC)C(NC(=O)OCc1ccccc1)C(=O)OC.COC(=O)C(NC(=O)OCc1ccccc1)OC.COC(=O)c1cc2ccc(Cl)n2c(=O)n1-c1ccccc1.COC(=O)c1cc2cccn2c(=O)[nH]1.COC(=O)c1cc2cccn2c(=O)n1-c1ccccc1.COC(=O)c1cc2cccn2c(=O)n1-c1ccccc1.NC(=O)OCc1ccccc1.O=C(NC(O)C(=O)O)OCc1ccccc1. The van der Waals surface area contributed by atoms with Crippen molar-refractivity contribution in [2.75, 3.05) is 63.0 Å². The second-order valence-corrected chi connectivity index (χ2v) is 31.1. The third-order valence-electron chi connectivity index (χ3n) is 19.2. The maximum absolute atomic E-state index is 12.7. The zero-order chi connectivity index (χ0) is 105. The van der Waals surface area contributed by atoms with Gasteiger partial charge in [0.1, 0.15) is 54.4 Å². The van der Waals surface area contributed by atoms with Gasteiger partial charge in [-0.05, 0) is 145 Å². The van der Waals surface area contributed by atoms with Crippen molar-refractivity contribution in [1.82, 2.24) is 52.2 Å². The van der Waals surface area contributed by atoms with Crippen LogP contribution in [0.25, 0.3) is 39.1 Å². The van der Waals surface area contributed by atoms with Gasteiger partial charge >= 0.3 is 96.5 Å². The van der Waals surface area contributed by atoms with Crippen molar-refractivity contribution in [3.63, 3.8) is 0 Å². The Labute approximate surface area is 824 Å². The van der Waals surface area contributed by atoms with E-state index in [9.17, 15) is 76.5 Å². The molecule has 0 aliphatic heterocycles. The molecule has 0 radical (unpaired) electrons. The first-order chi connectivity index (χ1) is 69.3. The molecule has 3 atom stereocenters. The van der Waals surface area contributed by atoms with Crippen LogP contribution in [-0.4, -0.2) is 194 Å². The molecule has 15 aromatic rings. The van der Waals surface area contributed by atoms with Gasteiger partial charge in [-0.3, -0.25) is 51.8 Å². The van der Waals surface area contributed by atoms with Crippen LogP contribution in [0.2, 0.25) is 5.15 Å². The number of aliphatic hydroxyl groups is 1. The minimum absolute atomic E-state index is 0.00582. The highest BCUT2D eigenvalue weighted by atomic mass is 35.5. The van der Waals surface area contributed by atoms with Gasteiger partial charge < -0.3 is 82.1 Å². The number of ether oxygens (including phenoxy) is 11. The van der Waals surface area contributed by atoms with Gasteiger partial charge in [-0.2, -0.15) is 0 Å². The Hall–Kier alpha value is -17.8. The topological polar surface area (TPSA) is 544 Å². The average Bonchev–Trinajstić information content (AvgIpc) is 1.50. The number of aliphatic hydroxyl groups excluding tert-OH is 1. The number of hydrogen-bond acceptors (Lipinski definition) is 30. The molecule has 45 heteroatoms. The number of aliphatic carboxylic acids is 1. The lowest BCUT2D eigenvalue weighted by Crippen LogP contribution is -2.42. The number of nitrogens with two attached hydrogens (primary N) is 1. The van der Waals surface area contributed by atoms with Crippen molar-refractivity contribution >= 4 is 107 Å². The van der Waals surface area contributed by atoms with E-state index >= 15 is 0 Å². The van der Waals surface area contributed by atoms with Crippen LogP contribution in [0.15, 0.2) is 323 Å². The molecule has 0 saturated carbocycles. The number of nitrogens with zero attached hydrogens (tertiary/aromatic N) is 7. The highest BCUT2D eigenvalue weighted by Crippen LogP contribution is 2.52. The highest BCUT2D eigenvalue weighted by molar-refractivity contribution is 7.55. The number of aromatic amines is 1. The molecular formula is C99H100ClN12O31P. The largest absolute Gasteiger partial charge is 0.478 e. The molecule has 0 fully saturated rings. The first kappa shape index (κ1) is 112. The number of H-pyrrole nitrogens is 1. The Kier molecular flexibility index (Phi) is 44.1. The maximum Gasteiger partial charge on any atom is 0.409 e. The number of para-hydroxylation sites is 3. The van der Waals surface area contributed by atoms with Crippen molar-refractivity contribution in [3.8, 4) is 17.1 Å². The number of halogens is 1. The number of fused-ring (bicyclic) bond motifs is 4. The maximum atomic E-state index is 12.7. The summed E-state index contributed by atoms with van der Waals surface area (Å²) in [7, 11) is 4.78. The van der Waals surface area contributed by atoms with Crippen LogP contribution >= 0.6 is 19.2 Å². The Morgan fingerprint density at radius 3 is 1.07 bits per heavy atom. The van der Waals surface area contributed by atoms with Gasteiger partial charge in [0.2, 0.25) is 18.2 Å². The zero-order valence-electron chi connectivity index (χ0n) is 78.6. The van der Waals surface area contributed by atoms with E-state index in [0.717, 1.165) is 29.4 Å². The fraction of sp³-hybridized carbons (Fsp3) is 0.182. The van der Waals surface area contributed by atoms with E-state index in [0.29, 0.717) is 39.1 Å². The number of nitrogens with one attached hydrogen (secondary N) is 4. The first-order valence-corrected chi connectivity index (χ1v) is 44.8. The Morgan fingerprint density at radius 2 is 0.722 bits per heavy atom. The molecule has 3 unspecified atom stereocenters. The summed E-state index contributed by atoms with van der Waals surface area (Å²) < 4.78 is 84.3. The second-order valence-electron chi connectivity index (χ2n) is 28.6. The third-order valence-corrected chi connectivity index (χ3v) is 21.7. The molecule has 4 amide bonds. The number of carboxylic acids is 1. The number of esters is 6. The van der Waals surface area contributed by atoms with Crippen LogP contribution in [-0.2, 0) is 107 Å². The van der Waals surface area contributed by atoms with Gasteiger partial charge in [-0.25, -0.2) is 71.9 Å². The van der Waals surface area contributed by atoms with Crippen molar-refractivity contribution in [1.29, 1.82) is 0 Å². The number of aromatic nitrogens is 8. The quantitative estimate of drug-likeness (QED) is 0.0109. The van der Waals surface area contributed by atoms with E-state index in [2.05, 4.69) is 39.3 Å². The summed E-state index contributed by atoms with van der Waals surface area (Å²) in [4.78, 5) is 176. The number of alkyl carbamates (subject to hydrolysis) is 3. The number of carboxylic acid groups (broad SMARTS) is 1. The molecule has 8 N–H and O–H groups in total. The van der Waals surface area contributed by atoms with Crippen LogP contribution in [0.3, 0.4) is 0 Å². The molecule has 15 rings (SSSR count). The van der Waals surface area contributed by atoms with Crippen LogP contribution < -0.4 is 44.4 Å². The molecule has 0 saturated heterocycles. The summed E-state index contributed by atoms with van der Waals surface area (Å²) in [5.74, 6) is -7.03. The smallest absolute Gasteiger partial charge is 0.409 e. The summed E-state index contributed by atoms with van der Waals surface area (Å²) in [6.07, 6.45) is -1.59. The number of benzene rings is 7. The zero-order valence-corrected chi connectivity index (χ0v) is 80.3. The Morgan fingerprint density at radius 1 is 0.389 bits per heavy atom. The summed E-state index contributed by atoms with van der Waals surface area (Å²) in [6.45, 7) is 3.62. The predicted molar refractivity (Wildman–Crippen MR) is 521 cm³/mol. The molecule has 0 bridgehead atoms. The fourth-order valence-corrected chi connectivity index (χ4v) is 14.5. The average molecular weight is 2020 g/mol. The van der Waals surface area contributed by atoms with E-state index in [1.165, 1.54) is 74.0 Å². The molecule has 754 valence electrons. The summed E-state index contributed by atoms with van der Waals surface area (Å²) >= 11 is 6.04. The molecular weight excluding hydrogens is 1920 g/mol. The predicted octanol–water partition coefficient (Wildman–Crippen LogP) is 12.0. The van der Waals surface area contributed by atoms with Crippen molar-refractivity contribution < 1.29 is 129 Å². The van der Waals surface area contributed by atoms with E-state index in [4.69, 9.17) is 65.0 Å². The molecule has 0 aliphatic rings. The summed E-state index contributed by atoms with van der Waals surface area (Å²) in [5.41, 5.74) is 11.7. The Bertz CT molecular complexity index is 6970. The number of hydrogen-bond donors (Lipinski definition) is 7. The first-order valence-electron chi connectivity index (χ1n) is 42.8. The van der Waals surface area contributed by atoms with Crippen molar-refractivity contribution in [2.24, 2.45) is 5.73 Å². The van der Waals surface area contributed by atoms with Gasteiger partial charge in [0.15, 0.2) is 0 Å².